The number of amides is 3. The maximum Gasteiger partial charge on any atom is 0.243 e. The SMILES string of the molecule is CC.Fc1cccc(F)c1.O=C(CN1CCCC2(CCOCC2)C1=O)Nc1ccc2c(c1)CC(C(=O)Nc1ccccn1)C2. The van der Waals surface area contributed by atoms with E-state index in [1.54, 1.807) is 23.2 Å². The molecule has 1 aliphatic carbocycles. The van der Waals surface area contributed by atoms with Crippen molar-refractivity contribution in [3.63, 3.8) is 0 Å². The van der Waals surface area contributed by atoms with Gasteiger partial charge >= 0.3 is 0 Å². The lowest BCUT2D eigenvalue weighted by Gasteiger charge is -2.43. The number of likely N-dealkylation sites (tertiary alicyclic amines) is 1. The van der Waals surface area contributed by atoms with Crippen LogP contribution >= 0.6 is 0 Å². The van der Waals surface area contributed by atoms with Gasteiger partial charge in [-0.25, -0.2) is 13.8 Å². The van der Waals surface area contributed by atoms with E-state index in [-0.39, 0.29) is 35.6 Å². The molecule has 2 saturated heterocycles. The number of halogens is 2. The van der Waals surface area contributed by atoms with Crippen LogP contribution in [0.2, 0.25) is 0 Å². The third-order valence-corrected chi connectivity index (χ3v) is 8.10. The van der Waals surface area contributed by atoms with Crippen LogP contribution in [0.4, 0.5) is 20.3 Å². The van der Waals surface area contributed by atoms with Crippen molar-refractivity contribution >= 4 is 29.2 Å². The van der Waals surface area contributed by atoms with Crippen LogP contribution in [0.3, 0.4) is 0 Å². The zero-order valence-electron chi connectivity index (χ0n) is 25.3. The average molecular weight is 607 g/mol. The smallest absolute Gasteiger partial charge is 0.243 e. The lowest BCUT2D eigenvalue weighted by Crippen LogP contribution is -2.52. The molecule has 10 heteroatoms. The number of nitrogens with one attached hydrogen (secondary N) is 2. The fourth-order valence-corrected chi connectivity index (χ4v) is 5.91. The van der Waals surface area contributed by atoms with Crippen LogP contribution in [0.25, 0.3) is 0 Å². The maximum absolute atomic E-state index is 13.1. The van der Waals surface area contributed by atoms with Gasteiger partial charge in [0.25, 0.3) is 0 Å². The largest absolute Gasteiger partial charge is 0.381 e. The lowest BCUT2D eigenvalue weighted by atomic mass is 9.73. The molecule has 1 atom stereocenters. The Bertz CT molecular complexity index is 1410. The van der Waals surface area contributed by atoms with E-state index in [1.165, 1.54) is 18.2 Å². The van der Waals surface area contributed by atoms with Crippen molar-refractivity contribution in [2.75, 3.05) is 36.9 Å². The highest BCUT2D eigenvalue weighted by Crippen LogP contribution is 2.40. The molecule has 1 unspecified atom stereocenters. The maximum atomic E-state index is 13.1. The van der Waals surface area contributed by atoms with Gasteiger partial charge in [0, 0.05) is 43.6 Å². The summed E-state index contributed by atoms with van der Waals surface area (Å²) >= 11 is 0. The van der Waals surface area contributed by atoms with Gasteiger partial charge in [0.15, 0.2) is 0 Å². The number of benzene rings is 2. The second-order valence-corrected chi connectivity index (χ2v) is 11.0. The van der Waals surface area contributed by atoms with Gasteiger partial charge in [0.05, 0.1) is 12.0 Å². The Balaban J connectivity index is 0.000000380. The Morgan fingerprint density at radius 2 is 1.66 bits per heavy atom. The number of hydrogen-bond acceptors (Lipinski definition) is 5. The zero-order valence-corrected chi connectivity index (χ0v) is 25.3. The molecule has 3 amide bonds. The predicted octanol–water partition coefficient (Wildman–Crippen LogP) is 5.78. The Morgan fingerprint density at radius 1 is 0.932 bits per heavy atom. The van der Waals surface area contributed by atoms with Gasteiger partial charge in [0.1, 0.15) is 17.5 Å². The molecule has 2 fully saturated rings. The highest BCUT2D eigenvalue weighted by Gasteiger charge is 2.45. The molecule has 2 N–H and O–H groups in total. The number of carbonyl (C=O) groups excluding carboxylic acids is 3. The van der Waals surface area contributed by atoms with Crippen LogP contribution in [0.15, 0.2) is 66.9 Å². The summed E-state index contributed by atoms with van der Waals surface area (Å²) in [5, 5.41) is 5.82. The molecule has 3 heterocycles. The Morgan fingerprint density at radius 3 is 2.32 bits per heavy atom. The van der Waals surface area contributed by atoms with E-state index in [0.29, 0.717) is 44.1 Å². The van der Waals surface area contributed by atoms with E-state index in [4.69, 9.17) is 4.74 Å². The minimum Gasteiger partial charge on any atom is -0.381 e. The van der Waals surface area contributed by atoms with E-state index in [1.807, 2.05) is 38.1 Å². The summed E-state index contributed by atoms with van der Waals surface area (Å²) < 4.78 is 29.3. The van der Waals surface area contributed by atoms with E-state index in [9.17, 15) is 23.2 Å². The summed E-state index contributed by atoms with van der Waals surface area (Å²) in [4.78, 5) is 44.4. The van der Waals surface area contributed by atoms with Crippen molar-refractivity contribution in [3.05, 3.63) is 89.6 Å². The second-order valence-electron chi connectivity index (χ2n) is 11.0. The number of ether oxygens (including phenoxy) is 1. The van der Waals surface area contributed by atoms with Crippen LogP contribution in [0, 0.1) is 23.0 Å². The second kappa shape index (κ2) is 15.5. The van der Waals surface area contributed by atoms with E-state index >= 15 is 0 Å². The third kappa shape index (κ3) is 8.47. The van der Waals surface area contributed by atoms with Gasteiger partial charge in [-0.2, -0.15) is 0 Å². The Hall–Kier alpha value is -4.18. The molecule has 0 saturated carbocycles. The summed E-state index contributed by atoms with van der Waals surface area (Å²) in [6.45, 7) is 5.91. The minimum atomic E-state index is -0.537. The van der Waals surface area contributed by atoms with Crippen LogP contribution in [0.5, 0.6) is 0 Å². The predicted molar refractivity (Wildman–Crippen MR) is 165 cm³/mol. The number of pyridine rings is 1. The van der Waals surface area contributed by atoms with E-state index < -0.39 is 11.6 Å². The highest BCUT2D eigenvalue weighted by atomic mass is 19.1. The molecule has 8 nitrogen and oxygen atoms in total. The number of piperidine rings is 1. The fourth-order valence-electron chi connectivity index (χ4n) is 5.91. The summed E-state index contributed by atoms with van der Waals surface area (Å²) in [7, 11) is 0. The fraction of sp³-hybridized carbons (Fsp3) is 0.412. The first-order valence-corrected chi connectivity index (χ1v) is 15.2. The number of hydrogen-bond donors (Lipinski definition) is 2. The van der Waals surface area contributed by atoms with Gasteiger partial charge in [0.2, 0.25) is 17.7 Å². The molecule has 6 rings (SSSR count). The standard InChI is InChI=1S/C26H30N4O4.C6H4F2.C2H6/c31-23(17-30-11-3-7-26(25(30)33)8-12-34-13-9-26)28-21-6-5-18-14-20(15-19(18)16-21)24(32)29-22-4-1-2-10-27-22;7-5-2-1-3-6(8)4-5;1-2/h1-2,4-6,10,16,20H,3,7-9,11-15,17H2,(H,28,31)(H,27,29,32);1-4H;1-2H3. The molecule has 1 spiro atoms. The van der Waals surface area contributed by atoms with E-state index in [0.717, 1.165) is 42.9 Å². The Labute approximate surface area is 257 Å². The number of fused-ring (bicyclic) bond motifs is 1. The van der Waals surface area contributed by atoms with Crippen molar-refractivity contribution < 1.29 is 27.9 Å². The Kier molecular flexibility index (Phi) is 11.5. The highest BCUT2D eigenvalue weighted by molar-refractivity contribution is 5.96. The van der Waals surface area contributed by atoms with Gasteiger partial charge in [-0.05, 0) is 86.1 Å². The number of nitrogens with zero attached hydrogens (tertiary/aromatic N) is 2. The molecule has 2 aliphatic heterocycles. The van der Waals surface area contributed by atoms with Gasteiger partial charge < -0.3 is 20.3 Å². The van der Waals surface area contributed by atoms with Crippen molar-refractivity contribution in [2.24, 2.45) is 11.3 Å². The summed E-state index contributed by atoms with van der Waals surface area (Å²) in [5.41, 5.74) is 2.52. The van der Waals surface area contributed by atoms with Crippen LogP contribution in [-0.4, -0.2) is 53.9 Å². The van der Waals surface area contributed by atoms with Crippen molar-refractivity contribution in [3.8, 4) is 0 Å². The van der Waals surface area contributed by atoms with Crippen molar-refractivity contribution in [1.82, 2.24) is 9.88 Å². The molecule has 3 aromatic rings. The number of rotatable bonds is 5. The normalized spacial score (nSPS) is 18.2. The van der Waals surface area contributed by atoms with Crippen LogP contribution in [-0.2, 0) is 32.0 Å². The van der Waals surface area contributed by atoms with E-state index in [2.05, 4.69) is 15.6 Å². The first kappa shape index (κ1) is 32.7. The first-order chi connectivity index (χ1) is 21.3. The van der Waals surface area contributed by atoms with Crippen LogP contribution in [0.1, 0.15) is 50.7 Å². The molecule has 1 aromatic heterocycles. The zero-order chi connectivity index (χ0) is 31.5. The van der Waals surface area contributed by atoms with Crippen molar-refractivity contribution in [2.45, 2.75) is 52.4 Å². The number of anilines is 2. The monoisotopic (exact) mass is 606 g/mol. The number of carbonyl (C=O) groups is 3. The topological polar surface area (TPSA) is 101 Å². The molecular formula is C34H40F2N4O4. The molecule has 0 radical (unpaired) electrons. The van der Waals surface area contributed by atoms with Crippen molar-refractivity contribution in [1.29, 1.82) is 0 Å². The summed E-state index contributed by atoms with van der Waals surface area (Å²) in [5.74, 6) is -0.843. The molecule has 3 aliphatic rings. The van der Waals surface area contributed by atoms with Gasteiger partial charge in [-0.1, -0.05) is 32.0 Å². The number of aromatic nitrogens is 1. The quantitative estimate of drug-likeness (QED) is 0.383. The lowest BCUT2D eigenvalue weighted by molar-refractivity contribution is -0.154. The molecule has 0 bridgehead atoms. The molecule has 44 heavy (non-hydrogen) atoms. The first-order valence-electron chi connectivity index (χ1n) is 15.2. The summed E-state index contributed by atoms with van der Waals surface area (Å²) in [6.07, 6.45) is 6.21. The summed E-state index contributed by atoms with van der Waals surface area (Å²) in [6, 6.07) is 15.7. The minimum absolute atomic E-state index is 0.0499. The molecule has 2 aromatic carbocycles. The third-order valence-electron chi connectivity index (χ3n) is 8.10. The van der Waals surface area contributed by atoms with Crippen LogP contribution < -0.4 is 10.6 Å². The average Bonchev–Trinajstić information content (AvgIpc) is 3.46. The van der Waals surface area contributed by atoms with Gasteiger partial charge in [-0.15, -0.1) is 0 Å². The van der Waals surface area contributed by atoms with Gasteiger partial charge in [-0.3, -0.25) is 14.4 Å². The molecular weight excluding hydrogens is 566 g/mol. The molecule has 234 valence electrons.